The van der Waals surface area contributed by atoms with E-state index in [0.717, 1.165) is 27.6 Å². The number of carbonyl (C=O) groups excluding carboxylic acids is 1. The first-order chi connectivity index (χ1) is 12.2. The lowest BCUT2D eigenvalue weighted by Crippen LogP contribution is -2.26. The number of benzene rings is 2. The Morgan fingerprint density at radius 3 is 2.68 bits per heavy atom. The molecule has 0 fully saturated rings. The number of aromatic nitrogens is 3. The molecule has 5 nitrogen and oxygen atoms in total. The van der Waals surface area contributed by atoms with E-state index in [2.05, 4.69) is 4.98 Å². The van der Waals surface area contributed by atoms with E-state index in [1.54, 1.807) is 12.4 Å². The Morgan fingerprint density at radius 1 is 1.08 bits per heavy atom. The molecule has 0 saturated heterocycles. The van der Waals surface area contributed by atoms with Crippen molar-refractivity contribution in [3.63, 3.8) is 0 Å². The van der Waals surface area contributed by atoms with Crippen LogP contribution in [-0.2, 0) is 6.54 Å². The normalized spacial score (nSPS) is 11.2. The predicted molar refractivity (Wildman–Crippen MR) is 96.2 cm³/mol. The standard InChI is InChI=1S/C20H17N3O2/c24-19(15-7-2-1-3-8-15)11-6-12-22-14-21-17-13-23(25)18-10-5-4-9-16(18)20(17)22/h1-5,7-10,13-14H,6,11-12H2. The van der Waals surface area contributed by atoms with Crippen LogP contribution in [0.3, 0.4) is 0 Å². The average molecular weight is 331 g/mol. The number of rotatable bonds is 5. The highest BCUT2D eigenvalue weighted by atomic mass is 16.5. The molecule has 2 heterocycles. The summed E-state index contributed by atoms with van der Waals surface area (Å²) in [4.78, 5) is 16.6. The molecule has 0 aliphatic carbocycles. The van der Waals surface area contributed by atoms with Crippen molar-refractivity contribution >= 4 is 27.7 Å². The topological polar surface area (TPSA) is 61.8 Å². The second-order valence-electron chi connectivity index (χ2n) is 6.04. The van der Waals surface area contributed by atoms with Gasteiger partial charge in [0.1, 0.15) is 0 Å². The van der Waals surface area contributed by atoms with Gasteiger partial charge in [-0.3, -0.25) is 4.79 Å². The zero-order valence-electron chi connectivity index (χ0n) is 13.6. The van der Waals surface area contributed by atoms with Gasteiger partial charge in [0.15, 0.2) is 11.3 Å². The van der Waals surface area contributed by atoms with Gasteiger partial charge in [-0.05, 0) is 12.5 Å². The molecule has 0 saturated carbocycles. The third-order valence-electron chi connectivity index (χ3n) is 4.40. The van der Waals surface area contributed by atoms with Gasteiger partial charge < -0.3 is 9.77 Å². The van der Waals surface area contributed by atoms with Crippen molar-refractivity contribution in [2.75, 3.05) is 0 Å². The van der Waals surface area contributed by atoms with Crippen molar-refractivity contribution in [3.05, 3.63) is 77.9 Å². The third-order valence-corrected chi connectivity index (χ3v) is 4.40. The number of aryl methyl sites for hydroxylation is 1. The molecule has 2 aromatic heterocycles. The van der Waals surface area contributed by atoms with Crippen LogP contribution in [0.25, 0.3) is 21.9 Å². The Morgan fingerprint density at radius 2 is 1.84 bits per heavy atom. The van der Waals surface area contributed by atoms with E-state index in [9.17, 15) is 10.0 Å². The first kappa shape index (κ1) is 15.3. The molecule has 2 aromatic carbocycles. The SMILES string of the molecule is O=C(CCCn1cnc2c[n+]([O-])c3ccccc3c21)c1ccccc1. The highest BCUT2D eigenvalue weighted by molar-refractivity contribution is 6.00. The number of hydrogen-bond donors (Lipinski definition) is 0. The molecule has 0 atom stereocenters. The first-order valence-corrected chi connectivity index (χ1v) is 8.28. The molecule has 0 spiro atoms. The maximum Gasteiger partial charge on any atom is 0.226 e. The van der Waals surface area contributed by atoms with Crippen LogP contribution < -0.4 is 4.73 Å². The molecule has 5 heteroatoms. The maximum absolute atomic E-state index is 12.2. The molecule has 0 unspecified atom stereocenters. The van der Waals surface area contributed by atoms with Crippen molar-refractivity contribution in [1.82, 2.24) is 9.55 Å². The van der Waals surface area contributed by atoms with Gasteiger partial charge in [0.25, 0.3) is 0 Å². The lowest BCUT2D eigenvalue weighted by Gasteiger charge is -2.07. The molecule has 0 bridgehead atoms. The van der Waals surface area contributed by atoms with Crippen LogP contribution in [0.2, 0.25) is 0 Å². The monoisotopic (exact) mass is 331 g/mol. The number of Topliss-reactive ketones (excluding diaryl/α,β-unsaturated/α-hetero) is 1. The molecule has 0 aliphatic heterocycles. The molecule has 4 aromatic rings. The van der Waals surface area contributed by atoms with E-state index in [-0.39, 0.29) is 5.78 Å². The Bertz CT molecular complexity index is 1050. The summed E-state index contributed by atoms with van der Waals surface area (Å²) in [5.41, 5.74) is 2.98. The fourth-order valence-electron chi connectivity index (χ4n) is 3.18. The van der Waals surface area contributed by atoms with Gasteiger partial charge in [0.2, 0.25) is 11.7 Å². The van der Waals surface area contributed by atoms with Crippen molar-refractivity contribution in [2.24, 2.45) is 0 Å². The lowest BCUT2D eigenvalue weighted by atomic mass is 10.1. The fourth-order valence-corrected chi connectivity index (χ4v) is 3.18. The molecule has 0 aliphatic rings. The highest BCUT2D eigenvalue weighted by Gasteiger charge is 2.14. The van der Waals surface area contributed by atoms with Crippen molar-refractivity contribution in [1.29, 1.82) is 0 Å². The van der Waals surface area contributed by atoms with E-state index in [0.29, 0.717) is 24.0 Å². The smallest absolute Gasteiger partial charge is 0.226 e. The molecule has 0 N–H and O–H groups in total. The van der Waals surface area contributed by atoms with Crippen LogP contribution in [0.1, 0.15) is 23.2 Å². The summed E-state index contributed by atoms with van der Waals surface area (Å²) < 4.78 is 2.88. The fraction of sp³-hybridized carbons (Fsp3) is 0.150. The molecule has 0 radical (unpaired) electrons. The van der Waals surface area contributed by atoms with Crippen molar-refractivity contribution < 1.29 is 9.52 Å². The van der Waals surface area contributed by atoms with Crippen LogP contribution in [0.5, 0.6) is 0 Å². The molecule has 4 rings (SSSR count). The van der Waals surface area contributed by atoms with Gasteiger partial charge in [-0.25, -0.2) is 4.98 Å². The average Bonchev–Trinajstić information content (AvgIpc) is 3.05. The summed E-state index contributed by atoms with van der Waals surface area (Å²) in [5, 5.41) is 13.0. The highest BCUT2D eigenvalue weighted by Crippen LogP contribution is 2.22. The van der Waals surface area contributed by atoms with Gasteiger partial charge in [0, 0.05) is 24.6 Å². The van der Waals surface area contributed by atoms with Gasteiger partial charge in [-0.2, -0.15) is 4.73 Å². The quantitative estimate of drug-likeness (QED) is 0.319. The number of ketones is 1. The number of carbonyl (C=O) groups is 1. The van der Waals surface area contributed by atoms with E-state index in [1.807, 2.05) is 53.1 Å². The van der Waals surface area contributed by atoms with E-state index in [4.69, 9.17) is 0 Å². The minimum absolute atomic E-state index is 0.146. The molecular weight excluding hydrogens is 314 g/mol. The minimum atomic E-state index is 0.146. The lowest BCUT2D eigenvalue weighted by molar-refractivity contribution is -0.575. The summed E-state index contributed by atoms with van der Waals surface area (Å²) in [6.07, 6.45) is 4.45. The second-order valence-corrected chi connectivity index (χ2v) is 6.04. The van der Waals surface area contributed by atoms with Crippen LogP contribution >= 0.6 is 0 Å². The Kier molecular flexibility index (Phi) is 3.90. The number of hydrogen-bond acceptors (Lipinski definition) is 3. The minimum Gasteiger partial charge on any atom is -0.618 e. The van der Waals surface area contributed by atoms with Crippen LogP contribution in [0, 0.1) is 5.21 Å². The Labute approximate surface area is 144 Å². The summed E-state index contributed by atoms with van der Waals surface area (Å²) in [6, 6.07) is 16.8. The molecule has 25 heavy (non-hydrogen) atoms. The number of imidazole rings is 1. The van der Waals surface area contributed by atoms with E-state index in [1.165, 1.54) is 6.20 Å². The third kappa shape index (κ3) is 2.85. The zero-order valence-corrected chi connectivity index (χ0v) is 13.6. The molecular formula is C20H17N3O2. The zero-order chi connectivity index (χ0) is 17.2. The van der Waals surface area contributed by atoms with Gasteiger partial charge >= 0.3 is 0 Å². The number of para-hydroxylation sites is 1. The van der Waals surface area contributed by atoms with E-state index >= 15 is 0 Å². The van der Waals surface area contributed by atoms with Crippen LogP contribution in [0.4, 0.5) is 0 Å². The second kappa shape index (κ2) is 6.36. The summed E-state index contributed by atoms with van der Waals surface area (Å²) in [7, 11) is 0. The van der Waals surface area contributed by atoms with Gasteiger partial charge in [-0.15, -0.1) is 0 Å². The molecule has 0 amide bonds. The van der Waals surface area contributed by atoms with Crippen LogP contribution in [-0.4, -0.2) is 15.3 Å². The summed E-state index contributed by atoms with van der Waals surface area (Å²) in [5.74, 6) is 0.146. The summed E-state index contributed by atoms with van der Waals surface area (Å²) in [6.45, 7) is 0.682. The number of fused-ring (bicyclic) bond motifs is 3. The van der Waals surface area contributed by atoms with Crippen LogP contribution in [0.15, 0.2) is 67.1 Å². The number of pyridine rings is 1. The summed E-state index contributed by atoms with van der Waals surface area (Å²) >= 11 is 0. The Hall–Kier alpha value is -3.21. The van der Waals surface area contributed by atoms with Crippen molar-refractivity contribution in [2.45, 2.75) is 19.4 Å². The predicted octanol–water partition coefficient (Wildman–Crippen LogP) is 3.49. The van der Waals surface area contributed by atoms with Gasteiger partial charge in [-0.1, -0.05) is 42.5 Å². The maximum atomic E-state index is 12.2. The van der Waals surface area contributed by atoms with Crippen molar-refractivity contribution in [3.8, 4) is 0 Å². The number of nitrogens with zero attached hydrogens (tertiary/aromatic N) is 3. The first-order valence-electron chi connectivity index (χ1n) is 8.28. The van der Waals surface area contributed by atoms with Gasteiger partial charge in [0.05, 0.1) is 17.2 Å². The largest absolute Gasteiger partial charge is 0.618 e. The Balaban J connectivity index is 1.58. The van der Waals surface area contributed by atoms with E-state index < -0.39 is 0 Å². The molecule has 124 valence electrons.